The minimum atomic E-state index is -3.87. The molecule has 14 heavy (non-hydrogen) atoms. The number of nitrogens with zero attached hydrogens (tertiary/aromatic N) is 1. The molecule has 0 bridgehead atoms. The van der Waals surface area contributed by atoms with Gasteiger partial charge in [-0.25, -0.2) is 0 Å². The third kappa shape index (κ3) is 2.11. The molecule has 78 valence electrons. The molecule has 0 saturated carbocycles. The van der Waals surface area contributed by atoms with E-state index in [0.29, 0.717) is 0 Å². The first-order chi connectivity index (χ1) is 6.33. The zero-order valence-electron chi connectivity index (χ0n) is 7.81. The molecule has 0 aromatic rings. The van der Waals surface area contributed by atoms with Crippen LogP contribution in [0.4, 0.5) is 0 Å². The Morgan fingerprint density at radius 2 is 2.14 bits per heavy atom. The summed E-state index contributed by atoms with van der Waals surface area (Å²) >= 11 is 0. The van der Waals surface area contributed by atoms with E-state index in [4.69, 9.17) is 5.73 Å². The van der Waals surface area contributed by atoms with Crippen LogP contribution in [0.3, 0.4) is 0 Å². The zero-order chi connectivity index (χ0) is 10.9. The van der Waals surface area contributed by atoms with Gasteiger partial charge in [-0.1, -0.05) is 0 Å². The first-order valence-corrected chi connectivity index (χ1v) is 5.40. The van der Waals surface area contributed by atoms with E-state index < -0.39 is 20.8 Å². The second-order valence-electron chi connectivity index (χ2n) is 3.13. The molecule has 0 unspecified atom stereocenters. The fourth-order valence-corrected chi connectivity index (χ4v) is 1.93. The van der Waals surface area contributed by atoms with Crippen molar-refractivity contribution in [3.05, 3.63) is 11.0 Å². The highest BCUT2D eigenvalue weighted by atomic mass is 32.2. The van der Waals surface area contributed by atoms with E-state index in [2.05, 4.69) is 9.71 Å². The van der Waals surface area contributed by atoms with Gasteiger partial charge in [0.2, 0.25) is 0 Å². The van der Waals surface area contributed by atoms with Gasteiger partial charge in [-0.2, -0.15) is 8.42 Å². The summed E-state index contributed by atoms with van der Waals surface area (Å²) in [6, 6.07) is -0.138. The SMILES string of the molecule is CC(C)NC(=O)C1=CC(N)=NS1(=O)=O. The molecule has 0 aliphatic carbocycles. The van der Waals surface area contributed by atoms with Crippen LogP contribution in [0.15, 0.2) is 15.4 Å². The van der Waals surface area contributed by atoms with Gasteiger partial charge in [-0.15, -0.1) is 4.40 Å². The van der Waals surface area contributed by atoms with Gasteiger partial charge in [0.25, 0.3) is 15.9 Å². The molecule has 0 aromatic heterocycles. The summed E-state index contributed by atoms with van der Waals surface area (Å²) in [5.74, 6) is -0.844. The van der Waals surface area contributed by atoms with Gasteiger partial charge in [0.1, 0.15) is 5.84 Å². The molecule has 7 heteroatoms. The largest absolute Gasteiger partial charge is 0.383 e. The number of nitrogens with two attached hydrogens (primary N) is 1. The molecule has 0 aromatic carbocycles. The van der Waals surface area contributed by atoms with Crippen LogP contribution >= 0.6 is 0 Å². The van der Waals surface area contributed by atoms with Crippen molar-refractivity contribution in [2.75, 3.05) is 0 Å². The predicted molar refractivity (Wildman–Crippen MR) is 51.9 cm³/mol. The van der Waals surface area contributed by atoms with Crippen molar-refractivity contribution in [1.82, 2.24) is 5.32 Å². The lowest BCUT2D eigenvalue weighted by Gasteiger charge is -2.07. The highest BCUT2D eigenvalue weighted by Crippen LogP contribution is 2.15. The van der Waals surface area contributed by atoms with Gasteiger partial charge in [0.05, 0.1) is 0 Å². The van der Waals surface area contributed by atoms with Gasteiger partial charge in [0.15, 0.2) is 4.91 Å². The Kier molecular flexibility index (Phi) is 2.61. The first kappa shape index (κ1) is 10.7. The third-order valence-corrected chi connectivity index (χ3v) is 2.74. The molecule has 0 radical (unpaired) electrons. The summed E-state index contributed by atoms with van der Waals surface area (Å²) in [6.07, 6.45) is 1.05. The summed E-state index contributed by atoms with van der Waals surface area (Å²) in [5, 5.41) is 2.45. The number of carbonyl (C=O) groups excluding carboxylic acids is 1. The van der Waals surface area contributed by atoms with Crippen molar-refractivity contribution >= 4 is 21.8 Å². The Labute approximate surface area is 81.9 Å². The molecule has 1 rings (SSSR count). The highest BCUT2D eigenvalue weighted by molar-refractivity contribution is 7.95. The third-order valence-electron chi connectivity index (χ3n) is 1.43. The molecule has 6 nitrogen and oxygen atoms in total. The number of rotatable bonds is 2. The molecule has 1 aliphatic heterocycles. The van der Waals surface area contributed by atoms with Crippen LogP contribution in [0.5, 0.6) is 0 Å². The smallest absolute Gasteiger partial charge is 0.289 e. The molecular weight excluding hydrogens is 206 g/mol. The second-order valence-corrected chi connectivity index (χ2v) is 4.70. The minimum Gasteiger partial charge on any atom is -0.383 e. The Morgan fingerprint density at radius 3 is 2.50 bits per heavy atom. The minimum absolute atomic E-state index is 0.138. The first-order valence-electron chi connectivity index (χ1n) is 3.96. The van der Waals surface area contributed by atoms with Crippen molar-refractivity contribution in [2.24, 2.45) is 10.1 Å². The summed E-state index contributed by atoms with van der Waals surface area (Å²) < 4.78 is 25.5. The van der Waals surface area contributed by atoms with Crippen LogP contribution in [0.25, 0.3) is 0 Å². The van der Waals surface area contributed by atoms with Crippen LogP contribution in [0.2, 0.25) is 0 Å². The number of sulfonamides is 1. The molecule has 1 aliphatic rings. The summed E-state index contributed by atoms with van der Waals surface area (Å²) in [6.45, 7) is 3.45. The fourth-order valence-electron chi connectivity index (χ4n) is 0.939. The summed E-state index contributed by atoms with van der Waals surface area (Å²) in [5.41, 5.74) is 5.18. The number of hydrogen-bond acceptors (Lipinski definition) is 4. The number of amidine groups is 1. The number of hydrogen-bond donors (Lipinski definition) is 2. The maximum Gasteiger partial charge on any atom is 0.289 e. The molecule has 0 saturated heterocycles. The van der Waals surface area contributed by atoms with Gasteiger partial charge in [-0.05, 0) is 13.8 Å². The maximum absolute atomic E-state index is 11.3. The van der Waals surface area contributed by atoms with Crippen molar-refractivity contribution in [1.29, 1.82) is 0 Å². The van der Waals surface area contributed by atoms with Crippen molar-refractivity contribution in [2.45, 2.75) is 19.9 Å². The van der Waals surface area contributed by atoms with E-state index in [-0.39, 0.29) is 11.9 Å². The molecule has 0 spiro atoms. The van der Waals surface area contributed by atoms with Gasteiger partial charge < -0.3 is 11.1 Å². The van der Waals surface area contributed by atoms with E-state index in [1.165, 1.54) is 0 Å². The van der Waals surface area contributed by atoms with E-state index in [1.54, 1.807) is 13.8 Å². The highest BCUT2D eigenvalue weighted by Gasteiger charge is 2.29. The van der Waals surface area contributed by atoms with Crippen LogP contribution in [-0.2, 0) is 14.8 Å². The Balaban J connectivity index is 2.93. The Hall–Kier alpha value is -1.37. The van der Waals surface area contributed by atoms with E-state index in [0.717, 1.165) is 6.08 Å². The number of carbonyl (C=O) groups is 1. The van der Waals surface area contributed by atoms with Crippen LogP contribution in [0.1, 0.15) is 13.8 Å². The average molecular weight is 217 g/mol. The zero-order valence-corrected chi connectivity index (χ0v) is 8.63. The van der Waals surface area contributed by atoms with Crippen LogP contribution in [0, 0.1) is 0 Å². The van der Waals surface area contributed by atoms with E-state index >= 15 is 0 Å². The van der Waals surface area contributed by atoms with Crippen LogP contribution in [-0.4, -0.2) is 26.2 Å². The lowest BCUT2D eigenvalue weighted by molar-refractivity contribution is -0.117. The normalized spacial score (nSPS) is 19.1. The molecule has 3 N–H and O–H groups in total. The summed E-state index contributed by atoms with van der Waals surface area (Å²) in [4.78, 5) is 10.9. The average Bonchev–Trinajstić information content (AvgIpc) is 2.22. The van der Waals surface area contributed by atoms with Gasteiger partial charge in [-0.3, -0.25) is 4.79 Å². The van der Waals surface area contributed by atoms with E-state index in [9.17, 15) is 13.2 Å². The Bertz CT molecular complexity index is 419. The molecule has 0 atom stereocenters. The van der Waals surface area contributed by atoms with Crippen LogP contribution < -0.4 is 11.1 Å². The van der Waals surface area contributed by atoms with Crippen molar-refractivity contribution in [3.8, 4) is 0 Å². The quantitative estimate of drug-likeness (QED) is 0.625. The number of amides is 1. The number of nitrogens with one attached hydrogen (secondary N) is 1. The lowest BCUT2D eigenvalue weighted by atomic mass is 10.3. The maximum atomic E-state index is 11.3. The van der Waals surface area contributed by atoms with Gasteiger partial charge in [0, 0.05) is 12.1 Å². The van der Waals surface area contributed by atoms with Gasteiger partial charge >= 0.3 is 0 Å². The van der Waals surface area contributed by atoms with Crippen molar-refractivity contribution < 1.29 is 13.2 Å². The molecule has 0 fully saturated rings. The predicted octanol–water partition coefficient (Wildman–Crippen LogP) is -0.904. The molecule has 1 heterocycles. The second kappa shape index (κ2) is 3.41. The topological polar surface area (TPSA) is 102 Å². The van der Waals surface area contributed by atoms with Crippen molar-refractivity contribution in [3.63, 3.8) is 0 Å². The van der Waals surface area contributed by atoms with E-state index in [1.807, 2.05) is 0 Å². The standard InChI is InChI=1S/C7H11N3O3S/c1-4(2)9-7(11)5-3-6(8)10-14(5,12)13/h3-4H,1-2H3,(H2,8,10)(H,9,11). The Morgan fingerprint density at radius 1 is 1.57 bits per heavy atom. The monoisotopic (exact) mass is 217 g/mol. The summed E-state index contributed by atoms with van der Waals surface area (Å²) in [7, 11) is -3.87. The molecule has 1 amide bonds. The molecular formula is C7H11N3O3S. The lowest BCUT2D eigenvalue weighted by Crippen LogP contribution is -2.32. The fraction of sp³-hybridized carbons (Fsp3) is 0.429.